The number of carboxylic acids is 1. The molecule has 154 valence electrons. The van der Waals surface area contributed by atoms with E-state index in [1.54, 1.807) is 42.5 Å². The van der Waals surface area contributed by atoms with Crippen LogP contribution in [-0.4, -0.2) is 17.9 Å². The summed E-state index contributed by atoms with van der Waals surface area (Å²) in [5.74, 6) is -0.915. The number of rotatable bonds is 7. The monoisotopic (exact) mass is 403 g/mol. The number of carbonyl (C=O) groups is 2. The molecule has 0 aliphatic heterocycles. The second-order valence-electron chi connectivity index (χ2n) is 7.32. The highest BCUT2D eigenvalue weighted by Gasteiger charge is 2.18. The van der Waals surface area contributed by atoms with E-state index in [1.165, 1.54) is 18.6 Å². The van der Waals surface area contributed by atoms with Crippen molar-refractivity contribution in [3.05, 3.63) is 70.8 Å². The highest BCUT2D eigenvalue weighted by molar-refractivity contribution is 6.01. The average Bonchev–Trinajstić information content (AvgIpc) is 2.77. The van der Waals surface area contributed by atoms with Crippen LogP contribution in [0.1, 0.15) is 53.6 Å². The van der Waals surface area contributed by atoms with E-state index in [1.807, 2.05) is 6.07 Å². The second kappa shape index (κ2) is 10.3. The van der Waals surface area contributed by atoms with Gasteiger partial charge >= 0.3 is 0 Å². The third kappa shape index (κ3) is 5.95. The van der Waals surface area contributed by atoms with Crippen molar-refractivity contribution >= 4 is 18.0 Å². The number of carboxylic acid groups (broad SMARTS) is 1. The molecule has 1 saturated carbocycles. The molecule has 3 rings (SSSR count). The number of hydrogen-bond acceptors (Lipinski definition) is 5. The summed E-state index contributed by atoms with van der Waals surface area (Å²) < 4.78 is 5.70. The Balaban J connectivity index is 1.57. The van der Waals surface area contributed by atoms with Crippen molar-refractivity contribution in [2.75, 3.05) is 0 Å². The van der Waals surface area contributed by atoms with Gasteiger partial charge in [-0.15, -0.1) is 0 Å². The predicted molar refractivity (Wildman–Crippen MR) is 110 cm³/mol. The highest BCUT2D eigenvalue weighted by Crippen LogP contribution is 2.19. The van der Waals surface area contributed by atoms with Crippen LogP contribution >= 0.6 is 0 Å². The Morgan fingerprint density at radius 1 is 1.07 bits per heavy atom. The van der Waals surface area contributed by atoms with Crippen molar-refractivity contribution in [3.8, 4) is 11.8 Å². The minimum atomic E-state index is -1.21. The van der Waals surface area contributed by atoms with Gasteiger partial charge in [0.05, 0.1) is 5.97 Å². The molecule has 1 fully saturated rings. The largest absolute Gasteiger partial charge is 0.545 e. The molecule has 30 heavy (non-hydrogen) atoms. The lowest BCUT2D eigenvalue weighted by molar-refractivity contribution is -0.255. The van der Waals surface area contributed by atoms with Crippen LogP contribution in [0.25, 0.3) is 6.08 Å². The van der Waals surface area contributed by atoms with Gasteiger partial charge in [-0.3, -0.25) is 4.79 Å². The summed E-state index contributed by atoms with van der Waals surface area (Å²) in [6.45, 7) is 0.287. The molecule has 0 aromatic heterocycles. The maximum atomic E-state index is 12.4. The third-order valence-electron chi connectivity index (χ3n) is 5.09. The molecule has 6 heteroatoms. The molecular formula is C24H23N2O4-. The smallest absolute Gasteiger partial charge is 0.262 e. The van der Waals surface area contributed by atoms with Gasteiger partial charge < -0.3 is 20.0 Å². The maximum Gasteiger partial charge on any atom is 0.262 e. The molecule has 0 heterocycles. The fourth-order valence-corrected chi connectivity index (χ4v) is 3.39. The second-order valence-corrected chi connectivity index (χ2v) is 7.32. The topological polar surface area (TPSA) is 102 Å². The molecule has 2 aromatic rings. The van der Waals surface area contributed by atoms with E-state index in [0.717, 1.165) is 36.8 Å². The van der Waals surface area contributed by atoms with Gasteiger partial charge in [0.1, 0.15) is 24.0 Å². The summed E-state index contributed by atoms with van der Waals surface area (Å²) >= 11 is 0. The van der Waals surface area contributed by atoms with Gasteiger partial charge in [0.15, 0.2) is 0 Å². The molecule has 1 N–H and O–H groups in total. The van der Waals surface area contributed by atoms with Crippen LogP contribution < -0.4 is 15.2 Å². The lowest BCUT2D eigenvalue weighted by atomic mass is 9.95. The quantitative estimate of drug-likeness (QED) is 0.566. The van der Waals surface area contributed by atoms with Crippen LogP contribution in [0.15, 0.2) is 54.1 Å². The zero-order valence-corrected chi connectivity index (χ0v) is 16.6. The van der Waals surface area contributed by atoms with E-state index >= 15 is 0 Å². The van der Waals surface area contributed by atoms with Crippen LogP contribution in [0.4, 0.5) is 0 Å². The van der Waals surface area contributed by atoms with Gasteiger partial charge in [-0.25, -0.2) is 0 Å². The van der Waals surface area contributed by atoms with Crippen LogP contribution in [-0.2, 0) is 11.4 Å². The first-order chi connectivity index (χ1) is 14.5. The van der Waals surface area contributed by atoms with Crippen molar-refractivity contribution < 1.29 is 19.4 Å². The van der Waals surface area contributed by atoms with Crippen molar-refractivity contribution in [1.29, 1.82) is 5.26 Å². The number of ether oxygens (including phenoxy) is 1. The Morgan fingerprint density at radius 2 is 1.73 bits per heavy atom. The Labute approximate surface area is 175 Å². The molecule has 0 saturated heterocycles. The Hall–Kier alpha value is -3.59. The standard InChI is InChI=1S/C24H24N2O4/c25-15-20(23(27)26-21-4-2-1-3-5-21)14-17-8-12-22(13-9-17)30-16-18-6-10-19(11-7-18)24(28)29/h6-14,21H,1-5,16H2,(H,26,27)(H,28,29)/p-1/b20-14-. The molecular weight excluding hydrogens is 380 g/mol. The molecule has 0 bridgehead atoms. The summed E-state index contributed by atoms with van der Waals surface area (Å²) in [6, 6.07) is 15.5. The zero-order valence-electron chi connectivity index (χ0n) is 16.6. The number of nitriles is 1. The van der Waals surface area contributed by atoms with E-state index in [2.05, 4.69) is 5.32 Å². The molecule has 2 aromatic carbocycles. The van der Waals surface area contributed by atoms with E-state index in [4.69, 9.17) is 4.74 Å². The number of amides is 1. The first-order valence-corrected chi connectivity index (χ1v) is 10.0. The van der Waals surface area contributed by atoms with E-state index in [-0.39, 0.29) is 29.7 Å². The summed E-state index contributed by atoms with van der Waals surface area (Å²) in [7, 11) is 0. The van der Waals surface area contributed by atoms with Crippen LogP contribution in [0.5, 0.6) is 5.75 Å². The molecule has 6 nitrogen and oxygen atoms in total. The summed E-state index contributed by atoms with van der Waals surface area (Å²) in [5, 5.41) is 23.1. The van der Waals surface area contributed by atoms with Crippen LogP contribution in [0, 0.1) is 11.3 Å². The van der Waals surface area contributed by atoms with E-state index < -0.39 is 5.97 Å². The normalized spacial score (nSPS) is 14.6. The lowest BCUT2D eigenvalue weighted by Gasteiger charge is -2.22. The van der Waals surface area contributed by atoms with Gasteiger partial charge in [0.2, 0.25) is 0 Å². The lowest BCUT2D eigenvalue weighted by Crippen LogP contribution is -2.36. The van der Waals surface area contributed by atoms with Crippen LogP contribution in [0.3, 0.4) is 0 Å². The zero-order chi connectivity index (χ0) is 21.3. The molecule has 0 spiro atoms. The highest BCUT2D eigenvalue weighted by atomic mass is 16.5. The number of nitrogens with zero attached hydrogens (tertiary/aromatic N) is 1. The maximum absolute atomic E-state index is 12.4. The summed E-state index contributed by atoms with van der Waals surface area (Å²) in [6.07, 6.45) is 6.92. The van der Waals surface area contributed by atoms with Crippen molar-refractivity contribution in [2.45, 2.75) is 44.8 Å². The van der Waals surface area contributed by atoms with Gasteiger partial charge in [0, 0.05) is 6.04 Å². The summed E-state index contributed by atoms with van der Waals surface area (Å²) in [5.41, 5.74) is 1.77. The van der Waals surface area contributed by atoms with Crippen molar-refractivity contribution in [3.63, 3.8) is 0 Å². The molecule has 0 unspecified atom stereocenters. The summed E-state index contributed by atoms with van der Waals surface area (Å²) in [4.78, 5) is 23.1. The third-order valence-corrected chi connectivity index (χ3v) is 5.09. The SMILES string of the molecule is N#C/C(=C/c1ccc(OCc2ccc(C(=O)[O-])cc2)cc1)C(=O)NC1CCCCC1. The minimum absolute atomic E-state index is 0.0854. The molecule has 0 radical (unpaired) electrons. The number of nitrogens with one attached hydrogen (secondary N) is 1. The molecule has 0 atom stereocenters. The number of hydrogen-bond donors (Lipinski definition) is 1. The minimum Gasteiger partial charge on any atom is -0.545 e. The van der Waals surface area contributed by atoms with Crippen molar-refractivity contribution in [2.24, 2.45) is 0 Å². The fraction of sp³-hybridized carbons (Fsp3) is 0.292. The first kappa shape index (κ1) is 21.1. The van der Waals surface area contributed by atoms with E-state index in [9.17, 15) is 20.0 Å². The van der Waals surface area contributed by atoms with Crippen molar-refractivity contribution in [1.82, 2.24) is 5.32 Å². The van der Waals surface area contributed by atoms with E-state index in [0.29, 0.717) is 5.75 Å². The van der Waals surface area contributed by atoms with Gasteiger partial charge in [-0.1, -0.05) is 55.7 Å². The van der Waals surface area contributed by atoms with Gasteiger partial charge in [-0.05, 0) is 47.7 Å². The van der Waals surface area contributed by atoms with Gasteiger partial charge in [0.25, 0.3) is 5.91 Å². The number of carbonyl (C=O) groups excluding carboxylic acids is 2. The molecule has 1 amide bonds. The first-order valence-electron chi connectivity index (χ1n) is 10.0. The average molecular weight is 403 g/mol. The molecule has 1 aliphatic rings. The predicted octanol–water partition coefficient (Wildman–Crippen LogP) is 2.98. The number of aromatic carboxylic acids is 1. The Bertz CT molecular complexity index is 950. The van der Waals surface area contributed by atoms with Crippen LogP contribution in [0.2, 0.25) is 0 Å². The molecule has 1 aliphatic carbocycles. The number of benzene rings is 2. The Kier molecular flexibility index (Phi) is 7.23. The van der Waals surface area contributed by atoms with Gasteiger partial charge in [-0.2, -0.15) is 5.26 Å². The Morgan fingerprint density at radius 3 is 2.33 bits per heavy atom. The fourth-order valence-electron chi connectivity index (χ4n) is 3.39.